The monoisotopic (exact) mass is 494 g/mol. The molecule has 0 aromatic heterocycles. The Kier molecular flexibility index (Phi) is 7.48. The largest absolute Gasteiger partial charge is 0.465 e. The number of methoxy groups -OCH3 is 1. The van der Waals surface area contributed by atoms with Crippen LogP contribution in [0.25, 0.3) is 0 Å². The van der Waals surface area contributed by atoms with Crippen molar-refractivity contribution in [1.82, 2.24) is 4.31 Å². The van der Waals surface area contributed by atoms with Gasteiger partial charge >= 0.3 is 5.97 Å². The highest BCUT2D eigenvalue weighted by Crippen LogP contribution is 2.34. The van der Waals surface area contributed by atoms with E-state index in [4.69, 9.17) is 9.47 Å². The van der Waals surface area contributed by atoms with Gasteiger partial charge < -0.3 is 14.8 Å². The number of piperidine rings is 1. The summed E-state index contributed by atoms with van der Waals surface area (Å²) in [6.07, 6.45) is 2.64. The van der Waals surface area contributed by atoms with Crippen molar-refractivity contribution in [2.24, 2.45) is 0 Å². The van der Waals surface area contributed by atoms with Crippen LogP contribution < -0.4 is 10.1 Å². The number of sulfonamides is 1. The standard InChI is InChI=1S/C26H26N2O6S/c1-33-26(30)20-10-12-21(13-11-20)34-24-15-14-22(35(31,32)28-16-6-3-7-17-28)18-23(24)27-25(29)19-8-4-2-5-9-19/h2,4-5,8-15,18H,3,6-7,16-17H2,1H3,(H,27,29). The number of carbonyl (C=O) groups excluding carboxylic acids is 2. The molecule has 0 radical (unpaired) electrons. The number of ether oxygens (including phenoxy) is 2. The molecule has 182 valence electrons. The Hall–Kier alpha value is -3.69. The molecular formula is C26H26N2O6S. The van der Waals surface area contributed by atoms with E-state index in [1.54, 1.807) is 54.6 Å². The molecule has 9 heteroatoms. The highest BCUT2D eigenvalue weighted by atomic mass is 32.2. The maximum absolute atomic E-state index is 13.2. The summed E-state index contributed by atoms with van der Waals surface area (Å²) in [5, 5.41) is 2.78. The Labute approximate surface area is 204 Å². The molecule has 1 fully saturated rings. The minimum absolute atomic E-state index is 0.0798. The van der Waals surface area contributed by atoms with Crippen LogP contribution in [0.5, 0.6) is 11.5 Å². The van der Waals surface area contributed by atoms with Gasteiger partial charge in [-0.15, -0.1) is 0 Å². The van der Waals surface area contributed by atoms with Crippen molar-refractivity contribution < 1.29 is 27.5 Å². The summed E-state index contributed by atoms with van der Waals surface area (Å²) in [4.78, 5) is 24.6. The van der Waals surface area contributed by atoms with Gasteiger partial charge in [0.2, 0.25) is 10.0 Å². The summed E-state index contributed by atoms with van der Waals surface area (Å²) in [6, 6.07) is 19.3. The molecule has 0 atom stereocenters. The highest BCUT2D eigenvalue weighted by Gasteiger charge is 2.27. The van der Waals surface area contributed by atoms with Crippen molar-refractivity contribution in [1.29, 1.82) is 0 Å². The van der Waals surface area contributed by atoms with E-state index in [1.807, 2.05) is 0 Å². The number of nitrogens with one attached hydrogen (secondary N) is 1. The molecule has 1 amide bonds. The summed E-state index contributed by atoms with van der Waals surface area (Å²) in [7, 11) is -2.42. The molecule has 0 unspecified atom stereocenters. The summed E-state index contributed by atoms with van der Waals surface area (Å²) < 4.78 is 38.6. The molecule has 0 aliphatic carbocycles. The van der Waals surface area contributed by atoms with Gasteiger partial charge in [0, 0.05) is 18.7 Å². The maximum atomic E-state index is 13.2. The lowest BCUT2D eigenvalue weighted by atomic mass is 10.2. The van der Waals surface area contributed by atoms with Crippen molar-refractivity contribution in [2.75, 3.05) is 25.5 Å². The number of carbonyl (C=O) groups is 2. The number of amides is 1. The fourth-order valence-electron chi connectivity index (χ4n) is 3.80. The Morgan fingerprint density at radius 1 is 0.857 bits per heavy atom. The van der Waals surface area contributed by atoms with Gasteiger partial charge in [-0.1, -0.05) is 24.6 Å². The molecule has 0 spiro atoms. The zero-order chi connectivity index (χ0) is 24.8. The second-order valence-electron chi connectivity index (χ2n) is 8.06. The molecule has 1 N–H and O–H groups in total. The number of anilines is 1. The molecular weight excluding hydrogens is 468 g/mol. The highest BCUT2D eigenvalue weighted by molar-refractivity contribution is 7.89. The molecule has 0 bridgehead atoms. The number of hydrogen-bond donors (Lipinski definition) is 1. The zero-order valence-corrected chi connectivity index (χ0v) is 20.1. The van der Waals surface area contributed by atoms with Gasteiger partial charge in [-0.05, 0) is 67.4 Å². The SMILES string of the molecule is COC(=O)c1ccc(Oc2ccc(S(=O)(=O)N3CCCCC3)cc2NC(=O)c2ccccc2)cc1. The van der Waals surface area contributed by atoms with Crippen LogP contribution in [0.1, 0.15) is 40.0 Å². The summed E-state index contributed by atoms with van der Waals surface area (Å²) >= 11 is 0. The van der Waals surface area contributed by atoms with Crippen LogP contribution in [0.15, 0.2) is 77.7 Å². The first kappa shape index (κ1) is 24.4. The van der Waals surface area contributed by atoms with E-state index in [0.717, 1.165) is 19.3 Å². The van der Waals surface area contributed by atoms with Gasteiger partial charge in [-0.2, -0.15) is 4.31 Å². The first-order valence-electron chi connectivity index (χ1n) is 11.3. The predicted molar refractivity (Wildman–Crippen MR) is 131 cm³/mol. The smallest absolute Gasteiger partial charge is 0.337 e. The number of rotatable bonds is 7. The molecule has 3 aromatic rings. The number of esters is 1. The molecule has 35 heavy (non-hydrogen) atoms. The number of hydrogen-bond acceptors (Lipinski definition) is 6. The predicted octanol–water partition coefficient (Wildman–Crippen LogP) is 4.69. The summed E-state index contributed by atoms with van der Waals surface area (Å²) in [5.74, 6) is -0.208. The van der Waals surface area contributed by atoms with Crippen LogP contribution in [0, 0.1) is 0 Å². The number of nitrogens with zero attached hydrogens (tertiary/aromatic N) is 1. The van der Waals surface area contributed by atoms with Crippen LogP contribution in [0.3, 0.4) is 0 Å². The average Bonchev–Trinajstić information content (AvgIpc) is 2.90. The quantitative estimate of drug-likeness (QED) is 0.478. The van der Waals surface area contributed by atoms with Gasteiger partial charge in [0.25, 0.3) is 5.91 Å². The molecule has 3 aromatic carbocycles. The van der Waals surface area contributed by atoms with E-state index < -0.39 is 21.9 Å². The first-order chi connectivity index (χ1) is 16.9. The fraction of sp³-hybridized carbons (Fsp3) is 0.231. The normalized spacial score (nSPS) is 14.2. The van der Waals surface area contributed by atoms with Crippen molar-refractivity contribution >= 4 is 27.6 Å². The third kappa shape index (κ3) is 5.70. The molecule has 0 saturated carbocycles. The van der Waals surface area contributed by atoms with E-state index >= 15 is 0 Å². The van der Waals surface area contributed by atoms with Gasteiger partial charge in [0.05, 0.1) is 23.3 Å². The maximum Gasteiger partial charge on any atom is 0.337 e. The van der Waals surface area contributed by atoms with Crippen molar-refractivity contribution in [3.05, 3.63) is 83.9 Å². The average molecular weight is 495 g/mol. The molecule has 8 nitrogen and oxygen atoms in total. The van der Waals surface area contributed by atoms with Gasteiger partial charge in [0.1, 0.15) is 5.75 Å². The van der Waals surface area contributed by atoms with E-state index in [9.17, 15) is 18.0 Å². The van der Waals surface area contributed by atoms with Crippen molar-refractivity contribution in [2.45, 2.75) is 24.2 Å². The Morgan fingerprint density at radius 3 is 2.20 bits per heavy atom. The third-order valence-electron chi connectivity index (χ3n) is 5.69. The van der Waals surface area contributed by atoms with E-state index in [1.165, 1.54) is 29.6 Å². The van der Waals surface area contributed by atoms with Crippen LogP contribution >= 0.6 is 0 Å². The molecule has 1 aliphatic rings. The van der Waals surface area contributed by atoms with Crippen LogP contribution in [0.4, 0.5) is 5.69 Å². The van der Waals surface area contributed by atoms with E-state index in [-0.39, 0.29) is 16.3 Å². The number of benzene rings is 3. The van der Waals surface area contributed by atoms with Gasteiger partial charge in [-0.25, -0.2) is 13.2 Å². The van der Waals surface area contributed by atoms with E-state index in [0.29, 0.717) is 30.0 Å². The van der Waals surface area contributed by atoms with E-state index in [2.05, 4.69) is 5.32 Å². The lowest BCUT2D eigenvalue weighted by Gasteiger charge is -2.26. The summed E-state index contributed by atoms with van der Waals surface area (Å²) in [5.41, 5.74) is 1.000. The molecule has 1 heterocycles. The van der Waals surface area contributed by atoms with Crippen LogP contribution in [-0.2, 0) is 14.8 Å². The lowest BCUT2D eigenvalue weighted by Crippen LogP contribution is -2.35. The minimum Gasteiger partial charge on any atom is -0.465 e. The second kappa shape index (κ2) is 10.7. The fourth-order valence-corrected chi connectivity index (χ4v) is 5.34. The first-order valence-corrected chi connectivity index (χ1v) is 12.7. The lowest BCUT2D eigenvalue weighted by molar-refractivity contribution is 0.0600. The van der Waals surface area contributed by atoms with Crippen LogP contribution in [-0.4, -0.2) is 44.8 Å². The zero-order valence-electron chi connectivity index (χ0n) is 19.3. The van der Waals surface area contributed by atoms with Crippen molar-refractivity contribution in [3.8, 4) is 11.5 Å². The second-order valence-corrected chi connectivity index (χ2v) is 10.00. The molecule has 1 aliphatic heterocycles. The molecule has 4 rings (SSSR count). The van der Waals surface area contributed by atoms with Gasteiger partial charge in [0.15, 0.2) is 5.75 Å². The molecule has 1 saturated heterocycles. The summed E-state index contributed by atoms with van der Waals surface area (Å²) in [6.45, 7) is 0.942. The van der Waals surface area contributed by atoms with Crippen LogP contribution in [0.2, 0.25) is 0 Å². The Bertz CT molecular complexity index is 1300. The minimum atomic E-state index is -3.72. The van der Waals surface area contributed by atoms with Gasteiger partial charge in [-0.3, -0.25) is 4.79 Å². The topological polar surface area (TPSA) is 102 Å². The Morgan fingerprint density at radius 2 is 1.54 bits per heavy atom. The Balaban J connectivity index is 1.66. The van der Waals surface area contributed by atoms with Crippen molar-refractivity contribution in [3.63, 3.8) is 0 Å². The third-order valence-corrected chi connectivity index (χ3v) is 7.59.